The van der Waals surface area contributed by atoms with Crippen molar-refractivity contribution in [3.63, 3.8) is 0 Å². The summed E-state index contributed by atoms with van der Waals surface area (Å²) in [5.41, 5.74) is 1.87. The van der Waals surface area contributed by atoms with Crippen LogP contribution in [-0.2, 0) is 12.4 Å². The third-order valence-corrected chi connectivity index (χ3v) is 5.68. The molecule has 0 saturated heterocycles. The maximum Gasteiger partial charge on any atom is 0.160 e. The first-order valence-corrected chi connectivity index (χ1v) is 8.37. The van der Waals surface area contributed by atoms with Gasteiger partial charge in [0.2, 0.25) is 0 Å². The van der Waals surface area contributed by atoms with Gasteiger partial charge in [0, 0.05) is 17.5 Å². The third kappa shape index (κ3) is 2.75. The molecule has 0 aliphatic rings. The van der Waals surface area contributed by atoms with E-state index in [0.717, 1.165) is 36.4 Å². The van der Waals surface area contributed by atoms with Gasteiger partial charge in [0.1, 0.15) is 11.3 Å². The molecular formula is C14H20ClN3S. The molecule has 2 aromatic heterocycles. The topological polar surface area (TPSA) is 30.7 Å². The molecule has 0 amide bonds. The number of thioether (sulfide) groups is 1. The monoisotopic (exact) mass is 297 g/mol. The number of rotatable bonds is 6. The van der Waals surface area contributed by atoms with E-state index in [1.54, 1.807) is 0 Å². The average molecular weight is 298 g/mol. The molecule has 0 saturated carbocycles. The van der Waals surface area contributed by atoms with E-state index >= 15 is 0 Å². The smallest absolute Gasteiger partial charge is 0.160 e. The molecular weight excluding hydrogens is 278 g/mol. The molecule has 0 atom stereocenters. The fraction of sp³-hybridized carbons (Fsp3) is 0.571. The third-order valence-electron chi connectivity index (χ3n) is 3.87. The largest absolute Gasteiger partial charge is 0.310 e. The number of pyridine rings is 1. The van der Waals surface area contributed by atoms with Crippen LogP contribution in [0.1, 0.15) is 32.5 Å². The maximum atomic E-state index is 6.04. The Morgan fingerprint density at radius 1 is 1.37 bits per heavy atom. The summed E-state index contributed by atoms with van der Waals surface area (Å²) in [7, 11) is 0. The number of hydrogen-bond donors (Lipinski definition) is 0. The molecule has 19 heavy (non-hydrogen) atoms. The Hall–Kier alpha value is -0.740. The van der Waals surface area contributed by atoms with Crippen molar-refractivity contribution in [1.29, 1.82) is 0 Å². The van der Waals surface area contributed by atoms with Gasteiger partial charge in [-0.15, -0.1) is 11.6 Å². The van der Waals surface area contributed by atoms with Crippen LogP contribution in [0.5, 0.6) is 0 Å². The summed E-state index contributed by atoms with van der Waals surface area (Å²) >= 11 is 7.97. The maximum absolute atomic E-state index is 6.04. The Morgan fingerprint density at radius 3 is 2.68 bits per heavy atom. The molecule has 0 aromatic carbocycles. The molecule has 0 fully saturated rings. The van der Waals surface area contributed by atoms with Crippen molar-refractivity contribution >= 4 is 34.5 Å². The molecule has 0 bridgehead atoms. The van der Waals surface area contributed by atoms with Gasteiger partial charge < -0.3 is 4.57 Å². The highest BCUT2D eigenvalue weighted by molar-refractivity contribution is 8.00. The molecule has 0 radical (unpaired) electrons. The standard InChI is InChI=1S/C14H20ClN3S/c1-4-14(5-2,19-3)10-18-12(9-15)17-11-7-6-8-16-13(11)18/h6-8H,4-5,9-10H2,1-3H3. The molecule has 0 aliphatic heterocycles. The molecule has 0 N–H and O–H groups in total. The SMILES string of the molecule is CCC(CC)(Cn1c(CCl)nc2cccnc21)SC. The Morgan fingerprint density at radius 2 is 2.11 bits per heavy atom. The van der Waals surface area contributed by atoms with Gasteiger partial charge in [-0.2, -0.15) is 11.8 Å². The summed E-state index contributed by atoms with van der Waals surface area (Å²) in [5, 5.41) is 0. The Bertz CT molecular complexity index is 540. The van der Waals surface area contributed by atoms with Crippen molar-refractivity contribution in [3.05, 3.63) is 24.2 Å². The summed E-state index contributed by atoms with van der Waals surface area (Å²) < 4.78 is 2.41. The van der Waals surface area contributed by atoms with Crippen LogP contribution in [0, 0.1) is 0 Å². The van der Waals surface area contributed by atoms with Crippen LogP contribution in [0.4, 0.5) is 0 Å². The normalized spacial score (nSPS) is 12.2. The van der Waals surface area contributed by atoms with E-state index < -0.39 is 0 Å². The Labute approximate surface area is 123 Å². The zero-order chi connectivity index (χ0) is 13.9. The Kier molecular flexibility index (Phi) is 4.74. The van der Waals surface area contributed by atoms with Gasteiger partial charge in [-0.25, -0.2) is 9.97 Å². The minimum absolute atomic E-state index is 0.228. The lowest BCUT2D eigenvalue weighted by atomic mass is 10.0. The highest BCUT2D eigenvalue weighted by atomic mass is 35.5. The van der Waals surface area contributed by atoms with Crippen LogP contribution in [0.2, 0.25) is 0 Å². The van der Waals surface area contributed by atoms with Crippen LogP contribution in [0.3, 0.4) is 0 Å². The summed E-state index contributed by atoms with van der Waals surface area (Å²) in [6.07, 6.45) is 6.24. The van der Waals surface area contributed by atoms with E-state index in [1.807, 2.05) is 30.1 Å². The molecule has 2 aromatic rings. The van der Waals surface area contributed by atoms with Gasteiger partial charge in [-0.05, 0) is 31.2 Å². The number of fused-ring (bicyclic) bond motifs is 1. The van der Waals surface area contributed by atoms with E-state index in [1.165, 1.54) is 0 Å². The number of imidazole rings is 1. The molecule has 5 heteroatoms. The number of halogens is 1. The predicted molar refractivity (Wildman–Crippen MR) is 83.9 cm³/mol. The van der Waals surface area contributed by atoms with Gasteiger partial charge in [0.05, 0.1) is 5.88 Å². The first-order valence-electron chi connectivity index (χ1n) is 6.61. The van der Waals surface area contributed by atoms with Crippen LogP contribution >= 0.6 is 23.4 Å². The molecule has 0 unspecified atom stereocenters. The molecule has 104 valence electrons. The zero-order valence-corrected chi connectivity index (χ0v) is 13.3. The van der Waals surface area contributed by atoms with E-state index in [9.17, 15) is 0 Å². The van der Waals surface area contributed by atoms with E-state index in [0.29, 0.717) is 5.88 Å². The predicted octanol–water partition coefficient (Wildman–Crippen LogP) is 4.09. The second kappa shape index (κ2) is 6.14. The summed E-state index contributed by atoms with van der Waals surface area (Å²) in [5.74, 6) is 1.34. The fourth-order valence-corrected chi connectivity index (χ4v) is 3.43. The van der Waals surface area contributed by atoms with Crippen LogP contribution in [0.15, 0.2) is 18.3 Å². The Balaban J connectivity index is 2.48. The lowest BCUT2D eigenvalue weighted by Gasteiger charge is -2.30. The zero-order valence-electron chi connectivity index (χ0n) is 11.7. The van der Waals surface area contributed by atoms with Crippen molar-refractivity contribution in [1.82, 2.24) is 14.5 Å². The minimum atomic E-state index is 0.228. The van der Waals surface area contributed by atoms with Crippen LogP contribution in [-0.4, -0.2) is 25.5 Å². The summed E-state index contributed by atoms with van der Waals surface area (Å²) in [6, 6.07) is 3.91. The first kappa shape index (κ1) is 14.7. The van der Waals surface area contributed by atoms with Crippen molar-refractivity contribution in [3.8, 4) is 0 Å². The summed E-state index contributed by atoms with van der Waals surface area (Å²) in [6.45, 7) is 5.40. The van der Waals surface area contributed by atoms with E-state index in [4.69, 9.17) is 11.6 Å². The highest BCUT2D eigenvalue weighted by Gasteiger charge is 2.27. The summed E-state index contributed by atoms with van der Waals surface area (Å²) in [4.78, 5) is 9.05. The van der Waals surface area contributed by atoms with Gasteiger partial charge in [-0.1, -0.05) is 13.8 Å². The van der Waals surface area contributed by atoms with E-state index in [-0.39, 0.29) is 4.75 Å². The van der Waals surface area contributed by atoms with Crippen LogP contribution in [0.25, 0.3) is 11.2 Å². The molecule has 0 aliphatic carbocycles. The van der Waals surface area contributed by atoms with Crippen molar-refractivity contribution < 1.29 is 0 Å². The number of alkyl halides is 1. The second-order valence-electron chi connectivity index (χ2n) is 4.69. The van der Waals surface area contributed by atoms with Gasteiger partial charge in [-0.3, -0.25) is 0 Å². The number of nitrogens with zero attached hydrogens (tertiary/aromatic N) is 3. The van der Waals surface area contributed by atoms with Gasteiger partial charge >= 0.3 is 0 Å². The molecule has 2 rings (SSSR count). The van der Waals surface area contributed by atoms with Gasteiger partial charge in [0.15, 0.2) is 5.65 Å². The van der Waals surface area contributed by atoms with Crippen molar-refractivity contribution in [2.45, 2.75) is 43.9 Å². The van der Waals surface area contributed by atoms with Gasteiger partial charge in [0.25, 0.3) is 0 Å². The van der Waals surface area contributed by atoms with Crippen molar-refractivity contribution in [2.24, 2.45) is 0 Å². The molecule has 0 spiro atoms. The fourth-order valence-electron chi connectivity index (χ4n) is 2.39. The quantitative estimate of drug-likeness (QED) is 0.752. The van der Waals surface area contributed by atoms with Crippen LogP contribution < -0.4 is 0 Å². The molecule has 3 nitrogen and oxygen atoms in total. The lowest BCUT2D eigenvalue weighted by molar-refractivity contribution is 0.465. The second-order valence-corrected chi connectivity index (χ2v) is 6.23. The van der Waals surface area contributed by atoms with E-state index in [2.05, 4.69) is 34.6 Å². The average Bonchev–Trinajstić information content (AvgIpc) is 2.82. The number of aromatic nitrogens is 3. The molecule has 2 heterocycles. The highest BCUT2D eigenvalue weighted by Crippen LogP contribution is 2.33. The van der Waals surface area contributed by atoms with Crippen molar-refractivity contribution in [2.75, 3.05) is 6.26 Å². The lowest BCUT2D eigenvalue weighted by Crippen LogP contribution is -2.29. The number of hydrogen-bond acceptors (Lipinski definition) is 3. The first-order chi connectivity index (χ1) is 9.19. The minimum Gasteiger partial charge on any atom is -0.310 e.